The summed E-state index contributed by atoms with van der Waals surface area (Å²) >= 11 is 0. The molecule has 1 atom stereocenters. The van der Waals surface area contributed by atoms with Crippen molar-refractivity contribution in [2.45, 2.75) is 26.9 Å². The summed E-state index contributed by atoms with van der Waals surface area (Å²) in [6.45, 7) is 7.14. The van der Waals surface area contributed by atoms with E-state index in [1.165, 1.54) is 6.92 Å². The predicted molar refractivity (Wildman–Crippen MR) is 99.9 cm³/mol. The summed E-state index contributed by atoms with van der Waals surface area (Å²) in [5.41, 5.74) is 1.10. The number of benzene rings is 2. The van der Waals surface area contributed by atoms with E-state index in [9.17, 15) is 18.4 Å². The molecule has 0 radical (unpaired) electrons. The zero-order valence-electron chi connectivity index (χ0n) is 15.5. The fourth-order valence-corrected chi connectivity index (χ4v) is 2.50. The number of carbonyl (C=O) groups excluding carboxylic acids is 2. The number of anilines is 2. The fraction of sp³-hybridized carbons (Fsp3) is 0.300. The van der Waals surface area contributed by atoms with Gasteiger partial charge in [-0.15, -0.1) is 0 Å². The second-order valence-electron chi connectivity index (χ2n) is 5.88. The third-order valence-electron chi connectivity index (χ3n) is 4.07. The number of nitrogens with zero attached hydrogens (tertiary/aromatic N) is 1. The Balaban J connectivity index is 1.98. The summed E-state index contributed by atoms with van der Waals surface area (Å²) in [6.07, 6.45) is -1.15. The minimum absolute atomic E-state index is 0.187. The van der Waals surface area contributed by atoms with Crippen molar-refractivity contribution in [2.24, 2.45) is 0 Å². The molecule has 0 saturated heterocycles. The van der Waals surface area contributed by atoms with Crippen LogP contribution in [0.2, 0.25) is 0 Å². The molecule has 7 heteroatoms. The molecule has 0 aliphatic heterocycles. The summed E-state index contributed by atoms with van der Waals surface area (Å²) in [6, 6.07) is 9.64. The van der Waals surface area contributed by atoms with Crippen molar-refractivity contribution in [2.75, 3.05) is 23.3 Å². The SMILES string of the molecule is CCN(CC)c1ccc(C(=O)OC(C)C(=O)Nc2ccc(F)cc2F)cc1. The lowest BCUT2D eigenvalue weighted by Gasteiger charge is -2.21. The van der Waals surface area contributed by atoms with Crippen LogP contribution in [-0.2, 0) is 9.53 Å². The number of esters is 1. The Hall–Kier alpha value is -2.96. The highest BCUT2D eigenvalue weighted by Gasteiger charge is 2.20. The molecular formula is C20H22F2N2O3. The van der Waals surface area contributed by atoms with Gasteiger partial charge in [0, 0.05) is 24.8 Å². The molecule has 144 valence electrons. The van der Waals surface area contributed by atoms with E-state index in [0.29, 0.717) is 11.6 Å². The highest BCUT2D eigenvalue weighted by molar-refractivity contribution is 5.97. The van der Waals surface area contributed by atoms with Gasteiger partial charge in [-0.25, -0.2) is 13.6 Å². The average molecular weight is 376 g/mol. The minimum Gasteiger partial charge on any atom is -0.449 e. The van der Waals surface area contributed by atoms with Gasteiger partial charge in [0.05, 0.1) is 11.3 Å². The number of halogens is 2. The van der Waals surface area contributed by atoms with Gasteiger partial charge in [-0.1, -0.05) is 0 Å². The van der Waals surface area contributed by atoms with E-state index in [2.05, 4.69) is 10.2 Å². The number of ether oxygens (including phenoxy) is 1. The first-order valence-corrected chi connectivity index (χ1v) is 8.67. The zero-order chi connectivity index (χ0) is 20.0. The van der Waals surface area contributed by atoms with E-state index < -0.39 is 29.6 Å². The standard InChI is InChI=1S/C20H22F2N2O3/c1-4-24(5-2)16-9-6-14(7-10-16)20(26)27-13(3)19(25)23-18-11-8-15(21)12-17(18)22/h6-13H,4-5H2,1-3H3,(H,23,25). The molecule has 2 rings (SSSR count). The summed E-state index contributed by atoms with van der Waals surface area (Å²) in [7, 11) is 0. The van der Waals surface area contributed by atoms with Gasteiger partial charge in [0.1, 0.15) is 11.6 Å². The molecular weight excluding hydrogens is 354 g/mol. The van der Waals surface area contributed by atoms with Crippen molar-refractivity contribution in [3.05, 3.63) is 59.7 Å². The lowest BCUT2D eigenvalue weighted by atomic mass is 10.2. The third kappa shape index (κ3) is 5.26. The molecule has 1 unspecified atom stereocenters. The second kappa shape index (κ2) is 9.12. The molecule has 0 spiro atoms. The Labute approximate surface area is 156 Å². The monoisotopic (exact) mass is 376 g/mol. The molecule has 27 heavy (non-hydrogen) atoms. The van der Waals surface area contributed by atoms with Crippen LogP contribution in [0.1, 0.15) is 31.1 Å². The Bertz CT molecular complexity index is 805. The van der Waals surface area contributed by atoms with Gasteiger partial charge >= 0.3 is 5.97 Å². The van der Waals surface area contributed by atoms with Gasteiger partial charge < -0.3 is 15.0 Å². The van der Waals surface area contributed by atoms with Crippen LogP contribution in [-0.4, -0.2) is 31.1 Å². The topological polar surface area (TPSA) is 58.6 Å². The van der Waals surface area contributed by atoms with Crippen LogP contribution in [0.4, 0.5) is 20.2 Å². The molecule has 2 aromatic rings. The molecule has 0 saturated carbocycles. The lowest BCUT2D eigenvalue weighted by Crippen LogP contribution is -2.30. The molecule has 1 N–H and O–H groups in total. The smallest absolute Gasteiger partial charge is 0.338 e. The molecule has 1 amide bonds. The normalized spacial score (nSPS) is 11.6. The van der Waals surface area contributed by atoms with Crippen molar-refractivity contribution in [1.29, 1.82) is 0 Å². The number of rotatable bonds is 7. The van der Waals surface area contributed by atoms with Crippen molar-refractivity contribution in [3.8, 4) is 0 Å². The first-order valence-electron chi connectivity index (χ1n) is 8.67. The number of hydrogen-bond donors (Lipinski definition) is 1. The molecule has 0 aliphatic carbocycles. The van der Waals surface area contributed by atoms with Crippen molar-refractivity contribution in [1.82, 2.24) is 0 Å². The maximum absolute atomic E-state index is 13.6. The van der Waals surface area contributed by atoms with Gasteiger partial charge in [-0.05, 0) is 57.2 Å². The quantitative estimate of drug-likeness (QED) is 0.742. The van der Waals surface area contributed by atoms with E-state index in [-0.39, 0.29) is 5.69 Å². The third-order valence-corrected chi connectivity index (χ3v) is 4.07. The Morgan fingerprint density at radius 2 is 1.70 bits per heavy atom. The largest absolute Gasteiger partial charge is 0.449 e. The van der Waals surface area contributed by atoms with Crippen molar-refractivity contribution >= 4 is 23.3 Å². The molecule has 0 heterocycles. The number of hydrogen-bond acceptors (Lipinski definition) is 4. The molecule has 0 aliphatic rings. The van der Waals surface area contributed by atoms with E-state index in [4.69, 9.17) is 4.74 Å². The van der Waals surface area contributed by atoms with Crippen LogP contribution >= 0.6 is 0 Å². The van der Waals surface area contributed by atoms with Crippen LogP contribution < -0.4 is 10.2 Å². The minimum atomic E-state index is -1.15. The number of nitrogens with one attached hydrogen (secondary N) is 1. The first-order chi connectivity index (χ1) is 12.8. The Morgan fingerprint density at radius 3 is 2.26 bits per heavy atom. The van der Waals surface area contributed by atoms with Gasteiger partial charge in [-0.2, -0.15) is 0 Å². The van der Waals surface area contributed by atoms with Gasteiger partial charge in [0.25, 0.3) is 5.91 Å². The van der Waals surface area contributed by atoms with Crippen LogP contribution in [0.3, 0.4) is 0 Å². The zero-order valence-corrected chi connectivity index (χ0v) is 15.5. The Kier molecular flexibility index (Phi) is 6.87. The summed E-state index contributed by atoms with van der Waals surface area (Å²) in [5.74, 6) is -3.04. The van der Waals surface area contributed by atoms with E-state index in [0.717, 1.165) is 30.9 Å². The summed E-state index contributed by atoms with van der Waals surface area (Å²) in [5, 5.41) is 2.27. The van der Waals surface area contributed by atoms with Crippen LogP contribution in [0, 0.1) is 11.6 Å². The van der Waals surface area contributed by atoms with Gasteiger partial charge in [-0.3, -0.25) is 4.79 Å². The van der Waals surface area contributed by atoms with Crippen molar-refractivity contribution in [3.63, 3.8) is 0 Å². The van der Waals surface area contributed by atoms with E-state index in [1.54, 1.807) is 12.1 Å². The highest BCUT2D eigenvalue weighted by Crippen LogP contribution is 2.17. The van der Waals surface area contributed by atoms with E-state index >= 15 is 0 Å². The maximum atomic E-state index is 13.6. The average Bonchev–Trinajstić information content (AvgIpc) is 2.65. The number of carbonyl (C=O) groups is 2. The van der Waals surface area contributed by atoms with Gasteiger partial charge in [0.15, 0.2) is 6.10 Å². The second-order valence-corrected chi connectivity index (χ2v) is 5.88. The number of amides is 1. The molecule has 0 bridgehead atoms. The maximum Gasteiger partial charge on any atom is 0.338 e. The predicted octanol–water partition coefficient (Wildman–Crippen LogP) is 4.00. The fourth-order valence-electron chi connectivity index (χ4n) is 2.50. The molecule has 0 fully saturated rings. The summed E-state index contributed by atoms with van der Waals surface area (Å²) < 4.78 is 31.6. The van der Waals surface area contributed by atoms with Crippen LogP contribution in [0.15, 0.2) is 42.5 Å². The molecule has 0 aromatic heterocycles. The summed E-state index contributed by atoms with van der Waals surface area (Å²) in [4.78, 5) is 26.4. The van der Waals surface area contributed by atoms with Gasteiger partial charge in [0.2, 0.25) is 0 Å². The lowest BCUT2D eigenvalue weighted by molar-refractivity contribution is -0.123. The van der Waals surface area contributed by atoms with Crippen LogP contribution in [0.5, 0.6) is 0 Å². The van der Waals surface area contributed by atoms with Crippen LogP contribution in [0.25, 0.3) is 0 Å². The first kappa shape index (κ1) is 20.4. The molecule has 2 aromatic carbocycles. The Morgan fingerprint density at radius 1 is 1.07 bits per heavy atom. The molecule has 5 nitrogen and oxygen atoms in total. The van der Waals surface area contributed by atoms with Crippen molar-refractivity contribution < 1.29 is 23.1 Å². The highest BCUT2D eigenvalue weighted by atomic mass is 19.1. The van der Waals surface area contributed by atoms with E-state index in [1.807, 2.05) is 26.0 Å².